The van der Waals surface area contributed by atoms with E-state index in [1.54, 1.807) is 0 Å². The number of hydrogen-bond donors (Lipinski definition) is 1. The van der Waals surface area contributed by atoms with Crippen LogP contribution in [0, 0.1) is 0 Å². The van der Waals surface area contributed by atoms with E-state index in [9.17, 15) is 0 Å². The first-order valence-corrected chi connectivity index (χ1v) is 9.45. The van der Waals surface area contributed by atoms with Gasteiger partial charge in [-0.25, -0.2) is 4.98 Å². The van der Waals surface area contributed by atoms with Crippen molar-refractivity contribution >= 4 is 27.6 Å². The lowest BCUT2D eigenvalue weighted by Gasteiger charge is -2.25. The maximum Gasteiger partial charge on any atom is 0.142 e. The number of hydrogen-bond acceptors (Lipinski definition) is 4. The number of benzene rings is 2. The van der Waals surface area contributed by atoms with E-state index in [-0.39, 0.29) is 0 Å². The lowest BCUT2D eigenvalue weighted by molar-refractivity contribution is 0.315. The molecule has 1 fully saturated rings. The van der Waals surface area contributed by atoms with E-state index in [1.807, 2.05) is 30.5 Å². The maximum atomic E-state index is 4.84. The number of para-hydroxylation sites is 3. The molecule has 0 spiro atoms. The Kier molecular flexibility index (Phi) is 3.83. The van der Waals surface area contributed by atoms with Crippen molar-refractivity contribution in [2.75, 3.05) is 32.1 Å². The van der Waals surface area contributed by atoms with Crippen LogP contribution in [0.3, 0.4) is 0 Å². The summed E-state index contributed by atoms with van der Waals surface area (Å²) in [5.41, 5.74) is 5.38. The molecule has 3 heterocycles. The minimum absolute atomic E-state index is 0.570. The number of anilines is 1. The summed E-state index contributed by atoms with van der Waals surface area (Å²) in [6.45, 7) is 2.07. The third-order valence-electron chi connectivity index (χ3n) is 5.60. The van der Waals surface area contributed by atoms with Gasteiger partial charge in [-0.05, 0) is 38.7 Å². The number of imidazole rings is 1. The highest BCUT2D eigenvalue weighted by Gasteiger charge is 2.28. The zero-order valence-electron chi connectivity index (χ0n) is 15.7. The predicted octanol–water partition coefficient (Wildman–Crippen LogP) is 3.92. The van der Waals surface area contributed by atoms with Gasteiger partial charge in [-0.3, -0.25) is 4.98 Å². The minimum atomic E-state index is 0.570. The summed E-state index contributed by atoms with van der Waals surface area (Å²) in [4.78, 5) is 17.9. The van der Waals surface area contributed by atoms with E-state index in [4.69, 9.17) is 9.97 Å². The van der Waals surface area contributed by atoms with Crippen LogP contribution >= 0.6 is 0 Å². The van der Waals surface area contributed by atoms with E-state index >= 15 is 0 Å². The van der Waals surface area contributed by atoms with E-state index in [0.29, 0.717) is 6.04 Å². The summed E-state index contributed by atoms with van der Waals surface area (Å²) in [6.07, 6.45) is 3.14. The Labute approximate surface area is 158 Å². The molecule has 1 saturated heterocycles. The first kappa shape index (κ1) is 16.3. The smallest absolute Gasteiger partial charge is 0.142 e. The Morgan fingerprint density at radius 2 is 1.81 bits per heavy atom. The largest absolute Gasteiger partial charge is 0.369 e. The van der Waals surface area contributed by atoms with E-state index < -0.39 is 0 Å². The molecule has 1 atom stereocenters. The van der Waals surface area contributed by atoms with Crippen LogP contribution in [-0.2, 0) is 0 Å². The highest BCUT2D eigenvalue weighted by atomic mass is 15.2. The standard InChI is InChI=1S/C22H23N5/c1-26(2)15-11-12-27(14-15)21-16-7-3-4-8-18(16)23-13-17(21)22-24-19-9-5-6-10-20(19)25-22/h3-10,13,15H,11-12,14H2,1-2H3,(H,24,25)/t15-/m1/s1. The van der Waals surface area contributed by atoms with Crippen LogP contribution in [-0.4, -0.2) is 53.1 Å². The van der Waals surface area contributed by atoms with Crippen molar-refractivity contribution in [3.8, 4) is 11.4 Å². The molecule has 2 aromatic heterocycles. The number of nitrogens with one attached hydrogen (secondary N) is 1. The zero-order chi connectivity index (χ0) is 18.4. The third kappa shape index (κ3) is 2.75. The molecule has 5 heteroatoms. The van der Waals surface area contributed by atoms with Gasteiger partial charge in [0.2, 0.25) is 0 Å². The van der Waals surface area contributed by atoms with Gasteiger partial charge in [-0.1, -0.05) is 30.3 Å². The number of fused-ring (bicyclic) bond motifs is 2. The van der Waals surface area contributed by atoms with E-state index in [0.717, 1.165) is 41.0 Å². The van der Waals surface area contributed by atoms with Gasteiger partial charge in [0, 0.05) is 30.7 Å². The number of rotatable bonds is 3. The highest BCUT2D eigenvalue weighted by Crippen LogP contribution is 2.37. The Balaban J connectivity index is 1.70. The summed E-state index contributed by atoms with van der Waals surface area (Å²) >= 11 is 0. The fraction of sp³-hybridized carbons (Fsp3) is 0.273. The van der Waals surface area contributed by atoms with Gasteiger partial charge in [0.25, 0.3) is 0 Å². The maximum absolute atomic E-state index is 4.84. The van der Waals surface area contributed by atoms with Gasteiger partial charge in [0.1, 0.15) is 5.82 Å². The van der Waals surface area contributed by atoms with Gasteiger partial charge in [0.15, 0.2) is 0 Å². The Morgan fingerprint density at radius 1 is 1.04 bits per heavy atom. The molecule has 1 N–H and O–H groups in total. The van der Waals surface area contributed by atoms with Gasteiger partial charge in [-0.2, -0.15) is 0 Å². The molecule has 27 heavy (non-hydrogen) atoms. The van der Waals surface area contributed by atoms with Crippen LogP contribution in [0.25, 0.3) is 33.3 Å². The van der Waals surface area contributed by atoms with Crippen molar-refractivity contribution in [1.29, 1.82) is 0 Å². The Hall–Kier alpha value is -2.92. The van der Waals surface area contributed by atoms with Crippen LogP contribution in [0.1, 0.15) is 6.42 Å². The van der Waals surface area contributed by atoms with Crippen molar-refractivity contribution in [2.45, 2.75) is 12.5 Å². The molecule has 4 aromatic rings. The first-order chi connectivity index (χ1) is 13.2. The molecule has 1 aliphatic heterocycles. The van der Waals surface area contributed by atoms with Crippen molar-refractivity contribution in [1.82, 2.24) is 19.9 Å². The summed E-state index contributed by atoms with van der Waals surface area (Å²) in [5.74, 6) is 0.887. The average molecular weight is 357 g/mol. The summed E-state index contributed by atoms with van der Waals surface area (Å²) < 4.78 is 0. The first-order valence-electron chi connectivity index (χ1n) is 9.45. The zero-order valence-corrected chi connectivity index (χ0v) is 15.7. The SMILES string of the molecule is CN(C)[C@@H]1CCN(c2c(-c3nc4ccccc4[nH]3)cnc3ccccc23)C1. The van der Waals surface area contributed by atoms with Gasteiger partial charge >= 0.3 is 0 Å². The number of aromatic amines is 1. The molecular weight excluding hydrogens is 334 g/mol. The second-order valence-corrected chi connectivity index (χ2v) is 7.49. The van der Waals surface area contributed by atoms with Crippen molar-refractivity contribution < 1.29 is 0 Å². The average Bonchev–Trinajstić information content (AvgIpc) is 3.34. The lowest BCUT2D eigenvalue weighted by Crippen LogP contribution is -2.31. The fourth-order valence-electron chi connectivity index (χ4n) is 4.09. The summed E-state index contributed by atoms with van der Waals surface area (Å²) in [5, 5.41) is 1.19. The molecular formula is C22H23N5. The summed E-state index contributed by atoms with van der Waals surface area (Å²) in [6, 6.07) is 17.1. The van der Waals surface area contributed by atoms with Crippen LogP contribution in [0.15, 0.2) is 54.7 Å². The second-order valence-electron chi connectivity index (χ2n) is 7.49. The third-order valence-corrected chi connectivity index (χ3v) is 5.60. The highest BCUT2D eigenvalue weighted by molar-refractivity contribution is 5.99. The van der Waals surface area contributed by atoms with E-state index in [2.05, 4.69) is 53.1 Å². The monoisotopic (exact) mass is 357 g/mol. The normalized spacial score (nSPS) is 17.4. The molecule has 0 radical (unpaired) electrons. The Morgan fingerprint density at radius 3 is 2.59 bits per heavy atom. The summed E-state index contributed by atoms with van der Waals surface area (Å²) in [7, 11) is 4.33. The van der Waals surface area contributed by atoms with Crippen LogP contribution in [0.2, 0.25) is 0 Å². The van der Waals surface area contributed by atoms with Crippen molar-refractivity contribution in [3.63, 3.8) is 0 Å². The quantitative estimate of drug-likeness (QED) is 0.604. The molecule has 0 saturated carbocycles. The van der Waals surface area contributed by atoms with Crippen LogP contribution < -0.4 is 4.90 Å². The molecule has 0 bridgehead atoms. The predicted molar refractivity (Wildman–Crippen MR) is 111 cm³/mol. The Bertz CT molecular complexity index is 1080. The number of H-pyrrole nitrogens is 1. The molecule has 5 nitrogen and oxygen atoms in total. The number of aromatic nitrogens is 3. The molecule has 0 unspecified atom stereocenters. The van der Waals surface area contributed by atoms with Gasteiger partial charge in [0.05, 0.1) is 27.8 Å². The lowest BCUT2D eigenvalue weighted by atomic mass is 10.1. The molecule has 5 rings (SSSR count). The van der Waals surface area contributed by atoms with Crippen LogP contribution in [0.5, 0.6) is 0 Å². The molecule has 0 aliphatic carbocycles. The number of nitrogens with zero attached hydrogens (tertiary/aromatic N) is 4. The van der Waals surface area contributed by atoms with Gasteiger partial charge in [-0.15, -0.1) is 0 Å². The topological polar surface area (TPSA) is 48.0 Å². The van der Waals surface area contributed by atoms with E-state index in [1.165, 1.54) is 17.5 Å². The fourth-order valence-corrected chi connectivity index (χ4v) is 4.09. The molecule has 136 valence electrons. The molecule has 1 aliphatic rings. The van der Waals surface area contributed by atoms with Crippen LogP contribution in [0.4, 0.5) is 5.69 Å². The molecule has 2 aromatic carbocycles. The number of pyridine rings is 1. The second kappa shape index (κ2) is 6.35. The minimum Gasteiger partial charge on any atom is -0.369 e. The van der Waals surface area contributed by atoms with Gasteiger partial charge < -0.3 is 14.8 Å². The van der Waals surface area contributed by atoms with Crippen molar-refractivity contribution in [2.24, 2.45) is 0 Å². The molecule has 0 amide bonds. The van der Waals surface area contributed by atoms with Crippen molar-refractivity contribution in [3.05, 3.63) is 54.7 Å². The number of likely N-dealkylation sites (N-methyl/N-ethyl adjacent to an activating group) is 1.